The summed E-state index contributed by atoms with van der Waals surface area (Å²) in [6.45, 7) is -0.138. The van der Waals surface area contributed by atoms with Gasteiger partial charge in [-0.1, -0.05) is 39.7 Å². The molecule has 0 aliphatic carbocycles. The molecule has 0 saturated carbocycles. The molecule has 1 aliphatic heterocycles. The molecule has 0 radical (unpaired) electrons. The molecule has 0 bridgehead atoms. The summed E-state index contributed by atoms with van der Waals surface area (Å²) in [5.41, 5.74) is 2.00. The van der Waals surface area contributed by atoms with Crippen LogP contribution in [0.4, 0.5) is 10.5 Å². The number of amides is 3. The first-order chi connectivity index (χ1) is 18.3. The van der Waals surface area contributed by atoms with E-state index in [0.717, 1.165) is 26.7 Å². The standard InChI is InChI=1S/C27H22BrClN2O6S/c1-35-20-9-7-19(8-10-20)30-24(32)14-31-26(33)23(38-27(31)34)13-17-11-21(29)25(22(12-17)36-2)37-15-16-3-5-18(28)6-4-16/h3-13H,14-15H2,1-2H3,(H,30,32)/b23-13+. The van der Waals surface area contributed by atoms with Gasteiger partial charge in [-0.25, -0.2) is 0 Å². The van der Waals surface area contributed by atoms with Crippen LogP contribution in [0, 0.1) is 0 Å². The van der Waals surface area contributed by atoms with Gasteiger partial charge in [0.1, 0.15) is 18.9 Å². The molecule has 3 aromatic carbocycles. The van der Waals surface area contributed by atoms with Crippen LogP contribution in [0.3, 0.4) is 0 Å². The number of thioether (sulfide) groups is 1. The Kier molecular flexibility index (Phi) is 8.98. The number of hydrogen-bond donors (Lipinski definition) is 1. The van der Waals surface area contributed by atoms with E-state index >= 15 is 0 Å². The number of benzene rings is 3. The fraction of sp³-hybridized carbons (Fsp3) is 0.148. The van der Waals surface area contributed by atoms with E-state index in [4.69, 9.17) is 25.8 Å². The van der Waals surface area contributed by atoms with Crippen LogP contribution in [0.5, 0.6) is 17.2 Å². The number of halogens is 2. The van der Waals surface area contributed by atoms with Gasteiger partial charge in [-0.2, -0.15) is 0 Å². The Balaban J connectivity index is 1.44. The minimum Gasteiger partial charge on any atom is -0.497 e. The van der Waals surface area contributed by atoms with E-state index in [1.165, 1.54) is 13.2 Å². The van der Waals surface area contributed by atoms with Gasteiger partial charge in [0.05, 0.1) is 24.1 Å². The van der Waals surface area contributed by atoms with Crippen LogP contribution in [0.25, 0.3) is 6.08 Å². The van der Waals surface area contributed by atoms with Gasteiger partial charge < -0.3 is 19.5 Å². The lowest BCUT2D eigenvalue weighted by Gasteiger charge is -2.14. The van der Waals surface area contributed by atoms with E-state index in [1.54, 1.807) is 43.5 Å². The minimum absolute atomic E-state index is 0.161. The maximum Gasteiger partial charge on any atom is 0.294 e. The van der Waals surface area contributed by atoms with Crippen molar-refractivity contribution in [3.8, 4) is 17.2 Å². The lowest BCUT2D eigenvalue weighted by atomic mass is 10.1. The van der Waals surface area contributed by atoms with Crippen LogP contribution in [0.1, 0.15) is 11.1 Å². The van der Waals surface area contributed by atoms with Gasteiger partial charge in [0.15, 0.2) is 11.5 Å². The van der Waals surface area contributed by atoms with Crippen molar-refractivity contribution in [3.63, 3.8) is 0 Å². The second kappa shape index (κ2) is 12.4. The lowest BCUT2D eigenvalue weighted by molar-refractivity contribution is -0.127. The molecule has 1 N–H and O–H groups in total. The van der Waals surface area contributed by atoms with Crippen LogP contribution < -0.4 is 19.5 Å². The molecule has 38 heavy (non-hydrogen) atoms. The maximum atomic E-state index is 12.9. The summed E-state index contributed by atoms with van der Waals surface area (Å²) in [6, 6.07) is 17.6. The highest BCUT2D eigenvalue weighted by Gasteiger charge is 2.36. The van der Waals surface area contributed by atoms with Crippen LogP contribution >= 0.6 is 39.3 Å². The van der Waals surface area contributed by atoms with Crippen molar-refractivity contribution >= 4 is 68.1 Å². The predicted molar refractivity (Wildman–Crippen MR) is 151 cm³/mol. The van der Waals surface area contributed by atoms with Crippen molar-refractivity contribution in [1.29, 1.82) is 0 Å². The summed E-state index contributed by atoms with van der Waals surface area (Å²) < 4.78 is 17.4. The summed E-state index contributed by atoms with van der Waals surface area (Å²) in [7, 11) is 3.02. The van der Waals surface area contributed by atoms with Crippen molar-refractivity contribution in [2.45, 2.75) is 6.61 Å². The SMILES string of the molecule is COc1ccc(NC(=O)CN2C(=O)S/C(=C/c3cc(Cl)c(OCc4ccc(Br)cc4)c(OC)c3)C2=O)cc1. The molecular formula is C27H22BrClN2O6S. The number of nitrogens with one attached hydrogen (secondary N) is 1. The van der Waals surface area contributed by atoms with Crippen molar-refractivity contribution in [3.05, 3.63) is 86.2 Å². The Hall–Kier alpha value is -3.47. The van der Waals surface area contributed by atoms with Gasteiger partial charge in [0.25, 0.3) is 11.1 Å². The third kappa shape index (κ3) is 6.69. The molecule has 1 aliphatic rings. The Morgan fingerprint density at radius 1 is 1.05 bits per heavy atom. The number of methoxy groups -OCH3 is 2. The maximum absolute atomic E-state index is 12.9. The second-order valence-electron chi connectivity index (χ2n) is 7.99. The summed E-state index contributed by atoms with van der Waals surface area (Å²) in [5.74, 6) is 0.294. The molecular weight excluding hydrogens is 596 g/mol. The van der Waals surface area contributed by atoms with E-state index in [9.17, 15) is 14.4 Å². The van der Waals surface area contributed by atoms with Crippen LogP contribution in [0.2, 0.25) is 5.02 Å². The number of rotatable bonds is 9. The monoisotopic (exact) mass is 616 g/mol. The molecule has 0 atom stereocenters. The van der Waals surface area contributed by atoms with Gasteiger partial charge in [0.2, 0.25) is 5.91 Å². The lowest BCUT2D eigenvalue weighted by Crippen LogP contribution is -2.36. The first kappa shape index (κ1) is 27.6. The molecule has 1 saturated heterocycles. The fourth-order valence-corrected chi connectivity index (χ4v) is 4.88. The first-order valence-corrected chi connectivity index (χ1v) is 13.2. The van der Waals surface area contributed by atoms with Gasteiger partial charge in [-0.3, -0.25) is 19.3 Å². The molecule has 0 spiro atoms. The zero-order chi connectivity index (χ0) is 27.2. The predicted octanol–water partition coefficient (Wildman–Crippen LogP) is 6.37. The van der Waals surface area contributed by atoms with Gasteiger partial charge in [-0.15, -0.1) is 0 Å². The Morgan fingerprint density at radius 3 is 2.42 bits per heavy atom. The highest BCUT2D eigenvalue weighted by Crippen LogP contribution is 2.39. The number of anilines is 1. The molecule has 0 unspecified atom stereocenters. The van der Waals surface area contributed by atoms with E-state index < -0.39 is 23.6 Å². The number of carbonyl (C=O) groups is 3. The van der Waals surface area contributed by atoms with Crippen molar-refractivity contribution in [1.82, 2.24) is 4.90 Å². The number of imide groups is 1. The summed E-state index contributed by atoms with van der Waals surface area (Å²) >= 11 is 10.6. The van der Waals surface area contributed by atoms with Crippen LogP contribution in [0.15, 0.2) is 70.0 Å². The zero-order valence-corrected chi connectivity index (χ0v) is 23.5. The van der Waals surface area contributed by atoms with Crippen molar-refractivity contribution in [2.75, 3.05) is 26.1 Å². The van der Waals surface area contributed by atoms with Crippen molar-refractivity contribution in [2.24, 2.45) is 0 Å². The van der Waals surface area contributed by atoms with Crippen LogP contribution in [-0.2, 0) is 16.2 Å². The van der Waals surface area contributed by atoms with Gasteiger partial charge in [0, 0.05) is 10.2 Å². The number of ether oxygens (including phenoxy) is 3. The van der Waals surface area contributed by atoms with E-state index in [1.807, 2.05) is 24.3 Å². The molecule has 0 aromatic heterocycles. The Morgan fingerprint density at radius 2 is 1.76 bits per heavy atom. The zero-order valence-electron chi connectivity index (χ0n) is 20.3. The summed E-state index contributed by atoms with van der Waals surface area (Å²) in [6.07, 6.45) is 1.53. The average molecular weight is 618 g/mol. The van der Waals surface area contributed by atoms with Gasteiger partial charge >= 0.3 is 0 Å². The molecule has 3 aromatic rings. The van der Waals surface area contributed by atoms with E-state index in [2.05, 4.69) is 21.2 Å². The molecule has 8 nitrogen and oxygen atoms in total. The van der Waals surface area contributed by atoms with E-state index in [0.29, 0.717) is 28.5 Å². The first-order valence-electron chi connectivity index (χ1n) is 11.2. The molecule has 3 amide bonds. The quantitative estimate of drug-likeness (QED) is 0.279. The highest BCUT2D eigenvalue weighted by molar-refractivity contribution is 9.10. The molecule has 4 rings (SSSR count). The fourth-order valence-electron chi connectivity index (χ4n) is 3.51. The highest BCUT2D eigenvalue weighted by atomic mass is 79.9. The second-order valence-corrected chi connectivity index (χ2v) is 10.3. The minimum atomic E-state index is -0.574. The molecule has 1 fully saturated rings. The Labute approximate surface area is 237 Å². The normalized spacial score (nSPS) is 14.1. The third-order valence-corrected chi connectivity index (χ3v) is 7.11. The number of carbonyl (C=O) groups excluding carboxylic acids is 3. The Bertz CT molecular complexity index is 1400. The van der Waals surface area contributed by atoms with E-state index in [-0.39, 0.29) is 16.5 Å². The van der Waals surface area contributed by atoms with Crippen molar-refractivity contribution < 1.29 is 28.6 Å². The smallest absolute Gasteiger partial charge is 0.294 e. The topological polar surface area (TPSA) is 94.2 Å². The largest absolute Gasteiger partial charge is 0.497 e. The number of nitrogens with zero attached hydrogens (tertiary/aromatic N) is 1. The average Bonchev–Trinajstić information content (AvgIpc) is 3.16. The van der Waals surface area contributed by atoms with Crippen LogP contribution in [-0.4, -0.2) is 42.7 Å². The third-order valence-electron chi connectivity index (χ3n) is 5.40. The number of hydrogen-bond acceptors (Lipinski definition) is 7. The molecule has 196 valence electrons. The van der Waals surface area contributed by atoms with Gasteiger partial charge in [-0.05, 0) is 77.5 Å². The summed E-state index contributed by atoms with van der Waals surface area (Å²) in [4.78, 5) is 38.9. The molecule has 1 heterocycles. The molecule has 11 heteroatoms. The summed E-state index contributed by atoms with van der Waals surface area (Å²) in [5, 5.41) is 2.40.